The van der Waals surface area contributed by atoms with Gasteiger partial charge in [-0.2, -0.15) is 0 Å². The van der Waals surface area contributed by atoms with Crippen molar-refractivity contribution in [1.29, 1.82) is 0 Å². The van der Waals surface area contributed by atoms with E-state index in [1.54, 1.807) is 0 Å². The number of carboxylic acid groups (broad SMARTS) is 1. The quantitative estimate of drug-likeness (QED) is 0.535. The molecule has 0 radical (unpaired) electrons. The summed E-state index contributed by atoms with van der Waals surface area (Å²) in [5, 5.41) is 16.1. The van der Waals surface area contributed by atoms with Crippen molar-refractivity contribution in [2.45, 2.75) is 45.3 Å². The predicted octanol–water partition coefficient (Wildman–Crippen LogP) is -0.312. The van der Waals surface area contributed by atoms with Gasteiger partial charge in [0.1, 0.15) is 6.04 Å². The largest absolute Gasteiger partial charge is 0.480 e. The molecule has 8 heteroatoms. The van der Waals surface area contributed by atoms with Crippen LogP contribution in [0.3, 0.4) is 0 Å². The number of amides is 3. The van der Waals surface area contributed by atoms with Crippen LogP contribution in [0.1, 0.15) is 27.7 Å². The van der Waals surface area contributed by atoms with Crippen molar-refractivity contribution >= 4 is 17.9 Å². The number of methoxy groups -OCH3 is 1. The maximum atomic E-state index is 11.7. The molecule has 0 aromatic heterocycles. The lowest BCUT2D eigenvalue weighted by molar-refractivity contribution is -0.140. The molecule has 2 atom stereocenters. The summed E-state index contributed by atoms with van der Waals surface area (Å²) < 4.78 is 4.68. The van der Waals surface area contributed by atoms with Gasteiger partial charge in [-0.25, -0.2) is 9.59 Å². The van der Waals surface area contributed by atoms with Crippen LogP contribution in [-0.2, 0) is 14.3 Å². The third kappa shape index (κ3) is 7.57. The lowest BCUT2D eigenvalue weighted by Gasteiger charge is -2.24. The van der Waals surface area contributed by atoms with Crippen LogP contribution in [0, 0.1) is 0 Å². The summed E-state index contributed by atoms with van der Waals surface area (Å²) in [5.74, 6) is -1.57. The highest BCUT2D eigenvalue weighted by Gasteiger charge is 2.23. The number of hydrogen-bond donors (Lipinski definition) is 4. The van der Waals surface area contributed by atoms with E-state index in [1.165, 1.54) is 14.0 Å². The highest BCUT2D eigenvalue weighted by Crippen LogP contribution is 1.99. The molecule has 0 saturated heterocycles. The molecule has 20 heavy (non-hydrogen) atoms. The fourth-order valence-electron chi connectivity index (χ4n) is 1.28. The fourth-order valence-corrected chi connectivity index (χ4v) is 1.28. The molecule has 0 aromatic rings. The lowest BCUT2D eigenvalue weighted by Crippen LogP contribution is -2.55. The number of aliphatic carboxylic acids is 1. The standard InChI is InChI=1S/C12H23N3O5/c1-7(9(16)15-12(2,3)4)13-11(19)14-8(6-20-5)10(17)18/h7-8H,6H2,1-5H3,(H,15,16)(H,17,18)(H2,13,14,19). The van der Waals surface area contributed by atoms with Gasteiger partial charge in [-0.15, -0.1) is 0 Å². The molecule has 0 aliphatic heterocycles. The van der Waals surface area contributed by atoms with Gasteiger partial charge in [0.2, 0.25) is 5.91 Å². The molecule has 0 aliphatic carbocycles. The van der Waals surface area contributed by atoms with Crippen molar-refractivity contribution in [3.8, 4) is 0 Å². The van der Waals surface area contributed by atoms with Gasteiger partial charge in [-0.1, -0.05) is 0 Å². The fraction of sp³-hybridized carbons (Fsp3) is 0.750. The Morgan fingerprint density at radius 1 is 1.20 bits per heavy atom. The van der Waals surface area contributed by atoms with Crippen molar-refractivity contribution in [1.82, 2.24) is 16.0 Å². The van der Waals surface area contributed by atoms with E-state index in [4.69, 9.17) is 5.11 Å². The first-order valence-corrected chi connectivity index (χ1v) is 6.17. The molecule has 3 amide bonds. The molecule has 4 N–H and O–H groups in total. The van der Waals surface area contributed by atoms with Gasteiger partial charge in [0.05, 0.1) is 6.61 Å². The number of rotatable bonds is 6. The first kappa shape index (κ1) is 18.2. The second-order valence-corrected chi connectivity index (χ2v) is 5.42. The molecule has 0 rings (SSSR count). The zero-order chi connectivity index (χ0) is 15.9. The summed E-state index contributed by atoms with van der Waals surface area (Å²) in [6.07, 6.45) is 0. The molecule has 116 valence electrons. The van der Waals surface area contributed by atoms with E-state index in [1.807, 2.05) is 20.8 Å². The zero-order valence-corrected chi connectivity index (χ0v) is 12.4. The minimum absolute atomic E-state index is 0.161. The number of urea groups is 1. The maximum Gasteiger partial charge on any atom is 0.328 e. The molecule has 2 unspecified atom stereocenters. The Morgan fingerprint density at radius 2 is 1.75 bits per heavy atom. The van der Waals surface area contributed by atoms with Gasteiger partial charge in [-0.05, 0) is 27.7 Å². The average molecular weight is 289 g/mol. The van der Waals surface area contributed by atoms with E-state index in [0.29, 0.717) is 0 Å². The zero-order valence-electron chi connectivity index (χ0n) is 12.4. The second-order valence-electron chi connectivity index (χ2n) is 5.42. The lowest BCUT2D eigenvalue weighted by atomic mass is 10.1. The summed E-state index contributed by atoms with van der Waals surface area (Å²) in [7, 11) is 1.33. The minimum Gasteiger partial charge on any atom is -0.480 e. The first-order chi connectivity index (χ1) is 9.06. The molecule has 0 aliphatic rings. The van der Waals surface area contributed by atoms with Crippen LogP contribution >= 0.6 is 0 Å². The van der Waals surface area contributed by atoms with Crippen LogP contribution in [0.25, 0.3) is 0 Å². The average Bonchev–Trinajstić information content (AvgIpc) is 2.25. The summed E-state index contributed by atoms with van der Waals surface area (Å²) in [6.45, 7) is 6.79. The Bertz CT molecular complexity index is 365. The number of carbonyl (C=O) groups excluding carboxylic acids is 2. The molecular formula is C12H23N3O5. The number of carbonyl (C=O) groups is 3. The third-order valence-corrected chi connectivity index (χ3v) is 2.18. The smallest absolute Gasteiger partial charge is 0.328 e. The van der Waals surface area contributed by atoms with Gasteiger partial charge >= 0.3 is 12.0 Å². The van der Waals surface area contributed by atoms with Crippen LogP contribution in [0.5, 0.6) is 0 Å². The van der Waals surface area contributed by atoms with Crippen LogP contribution in [-0.4, -0.2) is 54.4 Å². The number of ether oxygens (including phenoxy) is 1. The number of nitrogens with one attached hydrogen (secondary N) is 3. The van der Waals surface area contributed by atoms with E-state index < -0.39 is 29.6 Å². The summed E-state index contributed by atoms with van der Waals surface area (Å²) in [6, 6.07) is -2.70. The van der Waals surface area contributed by atoms with Crippen molar-refractivity contribution in [3.05, 3.63) is 0 Å². The van der Waals surface area contributed by atoms with Gasteiger partial charge in [-0.3, -0.25) is 4.79 Å². The Labute approximate surface area is 118 Å². The van der Waals surface area contributed by atoms with Crippen LogP contribution in [0.2, 0.25) is 0 Å². The Morgan fingerprint density at radius 3 is 2.15 bits per heavy atom. The normalized spacial score (nSPS) is 14.1. The Kier molecular flexibility index (Phi) is 6.98. The topological polar surface area (TPSA) is 117 Å². The van der Waals surface area contributed by atoms with Crippen molar-refractivity contribution in [2.24, 2.45) is 0 Å². The van der Waals surface area contributed by atoms with Gasteiger partial charge < -0.3 is 25.8 Å². The molecule has 0 spiro atoms. The minimum atomic E-state index is -1.21. The first-order valence-electron chi connectivity index (χ1n) is 6.17. The van der Waals surface area contributed by atoms with Crippen molar-refractivity contribution in [2.75, 3.05) is 13.7 Å². The van der Waals surface area contributed by atoms with E-state index in [-0.39, 0.29) is 12.5 Å². The Hall–Kier alpha value is -1.83. The molecule has 0 fully saturated rings. The van der Waals surface area contributed by atoms with Crippen molar-refractivity contribution < 1.29 is 24.2 Å². The molecule has 0 aromatic carbocycles. The van der Waals surface area contributed by atoms with Crippen molar-refractivity contribution in [3.63, 3.8) is 0 Å². The monoisotopic (exact) mass is 289 g/mol. The van der Waals surface area contributed by atoms with E-state index in [0.717, 1.165) is 0 Å². The van der Waals surface area contributed by atoms with E-state index in [9.17, 15) is 14.4 Å². The highest BCUT2D eigenvalue weighted by molar-refractivity contribution is 5.88. The number of carboxylic acids is 1. The predicted molar refractivity (Wildman–Crippen MR) is 72.3 cm³/mol. The van der Waals surface area contributed by atoms with E-state index >= 15 is 0 Å². The molecule has 8 nitrogen and oxygen atoms in total. The summed E-state index contributed by atoms with van der Waals surface area (Å²) in [4.78, 5) is 34.2. The van der Waals surface area contributed by atoms with Crippen LogP contribution < -0.4 is 16.0 Å². The van der Waals surface area contributed by atoms with E-state index in [2.05, 4.69) is 20.7 Å². The van der Waals surface area contributed by atoms with Gasteiger partial charge in [0, 0.05) is 12.6 Å². The van der Waals surface area contributed by atoms with Crippen LogP contribution in [0.15, 0.2) is 0 Å². The SMILES string of the molecule is COCC(NC(=O)NC(C)C(=O)NC(C)(C)C)C(=O)O. The third-order valence-electron chi connectivity index (χ3n) is 2.18. The molecule has 0 heterocycles. The van der Waals surface area contributed by atoms with Gasteiger partial charge in [0.15, 0.2) is 6.04 Å². The maximum absolute atomic E-state index is 11.7. The highest BCUT2D eigenvalue weighted by atomic mass is 16.5. The second kappa shape index (κ2) is 7.68. The van der Waals surface area contributed by atoms with Crippen LogP contribution in [0.4, 0.5) is 4.79 Å². The summed E-state index contributed by atoms with van der Waals surface area (Å²) >= 11 is 0. The molecule has 0 bridgehead atoms. The summed E-state index contributed by atoms with van der Waals surface area (Å²) in [5.41, 5.74) is -0.414. The Balaban J connectivity index is 4.38. The molecule has 0 saturated carbocycles. The van der Waals surface area contributed by atoms with Gasteiger partial charge in [0.25, 0.3) is 0 Å². The molecular weight excluding hydrogens is 266 g/mol. The number of hydrogen-bond acceptors (Lipinski definition) is 4.